The number of hydrogen-bond donors (Lipinski definition) is 1. The van der Waals surface area contributed by atoms with Crippen LogP contribution in [0.1, 0.15) is 68.4 Å². The van der Waals surface area contributed by atoms with Crippen molar-refractivity contribution in [2.24, 2.45) is 0 Å². The van der Waals surface area contributed by atoms with E-state index in [0.29, 0.717) is 24.6 Å². The number of hydrogen-bond acceptors (Lipinski definition) is 5. The molecule has 31 heavy (non-hydrogen) atoms. The standard InChI is InChI=1S/C21H34N4O2S2.C2H6/c1-21(2,3)23-19(26)15-13-25(14-27-11-12-29(4,5)6)24-18(15)20-22-16-9-7-8-10-17(16)28-20;1-2/h13H,7-12,14H2,1-6H3,(H,23,26);1-2H3. The number of carbonyl (C=O) groups is 1. The first-order valence-electron chi connectivity index (χ1n) is 11.1. The van der Waals surface area contributed by atoms with Gasteiger partial charge in [0.15, 0.2) is 0 Å². The predicted molar refractivity (Wildman–Crippen MR) is 135 cm³/mol. The zero-order chi connectivity index (χ0) is 23.2. The van der Waals surface area contributed by atoms with Crippen LogP contribution in [-0.4, -0.2) is 57.3 Å². The SMILES string of the molecule is CC.CC(C)(C)NC(=O)c1cn(COCCS(C)(C)C)nc1-c1nc2c(s1)CCCC2. The Bertz CT molecular complexity index is 837. The van der Waals surface area contributed by atoms with Gasteiger partial charge in [-0.2, -0.15) is 5.10 Å². The molecule has 0 aliphatic heterocycles. The van der Waals surface area contributed by atoms with E-state index in [4.69, 9.17) is 14.8 Å². The van der Waals surface area contributed by atoms with Gasteiger partial charge in [-0.25, -0.2) is 19.7 Å². The summed E-state index contributed by atoms with van der Waals surface area (Å²) in [6.07, 6.45) is 13.1. The molecule has 0 spiro atoms. The van der Waals surface area contributed by atoms with E-state index >= 15 is 0 Å². The van der Waals surface area contributed by atoms with Crippen LogP contribution in [0.3, 0.4) is 0 Å². The smallest absolute Gasteiger partial charge is 0.255 e. The van der Waals surface area contributed by atoms with Crippen LogP contribution in [0.5, 0.6) is 0 Å². The lowest BCUT2D eigenvalue weighted by Crippen LogP contribution is -2.40. The van der Waals surface area contributed by atoms with E-state index in [2.05, 4.69) is 24.1 Å². The molecule has 1 N–H and O–H groups in total. The number of ether oxygens (including phenoxy) is 1. The first kappa shape index (κ1) is 25.9. The molecular formula is C23H40N4O2S2. The number of nitrogens with zero attached hydrogens (tertiary/aromatic N) is 3. The summed E-state index contributed by atoms with van der Waals surface area (Å²) < 4.78 is 7.56. The van der Waals surface area contributed by atoms with Crippen molar-refractivity contribution >= 4 is 27.3 Å². The van der Waals surface area contributed by atoms with Crippen molar-refractivity contribution in [2.75, 3.05) is 31.1 Å². The minimum atomic E-state index is -0.587. The van der Waals surface area contributed by atoms with E-state index in [-0.39, 0.29) is 11.4 Å². The maximum absolute atomic E-state index is 12.9. The van der Waals surface area contributed by atoms with Gasteiger partial charge in [-0.3, -0.25) is 4.79 Å². The number of rotatable bonds is 7. The quantitative estimate of drug-likeness (QED) is 0.574. The summed E-state index contributed by atoms with van der Waals surface area (Å²) in [5, 5.41) is 8.59. The molecular weight excluding hydrogens is 428 g/mol. The third kappa shape index (κ3) is 7.91. The molecule has 0 unspecified atom stereocenters. The van der Waals surface area contributed by atoms with Crippen LogP contribution in [0.2, 0.25) is 0 Å². The number of amides is 1. The van der Waals surface area contributed by atoms with E-state index in [1.165, 1.54) is 23.4 Å². The first-order valence-corrected chi connectivity index (χ1v) is 15.0. The molecule has 0 fully saturated rings. The van der Waals surface area contributed by atoms with Crippen molar-refractivity contribution in [3.8, 4) is 10.7 Å². The largest absolute Gasteiger partial charge is 0.358 e. The molecule has 2 aromatic heterocycles. The average molecular weight is 469 g/mol. The molecule has 0 atom stereocenters. The lowest BCUT2D eigenvalue weighted by Gasteiger charge is -2.24. The molecule has 2 aromatic rings. The second-order valence-electron chi connectivity index (χ2n) is 9.56. The summed E-state index contributed by atoms with van der Waals surface area (Å²) in [6, 6.07) is 0. The van der Waals surface area contributed by atoms with Crippen LogP contribution in [-0.2, 0) is 24.3 Å². The van der Waals surface area contributed by atoms with E-state index < -0.39 is 10.0 Å². The van der Waals surface area contributed by atoms with E-state index in [1.807, 2.05) is 34.6 Å². The summed E-state index contributed by atoms with van der Waals surface area (Å²) in [6.45, 7) is 11.0. The molecule has 0 saturated carbocycles. The van der Waals surface area contributed by atoms with Crippen molar-refractivity contribution in [3.05, 3.63) is 22.3 Å². The molecule has 0 radical (unpaired) electrons. The van der Waals surface area contributed by atoms with Crippen molar-refractivity contribution in [1.82, 2.24) is 20.1 Å². The molecule has 176 valence electrons. The number of aromatic nitrogens is 3. The molecule has 1 aliphatic carbocycles. The maximum Gasteiger partial charge on any atom is 0.255 e. The fourth-order valence-electron chi connectivity index (χ4n) is 3.14. The van der Waals surface area contributed by atoms with Gasteiger partial charge in [0.05, 0.1) is 17.9 Å². The highest BCUT2D eigenvalue weighted by molar-refractivity contribution is 8.32. The lowest BCUT2D eigenvalue weighted by molar-refractivity contribution is 0.0808. The Hall–Kier alpha value is -1.38. The lowest BCUT2D eigenvalue weighted by atomic mass is 10.0. The summed E-state index contributed by atoms with van der Waals surface area (Å²) in [5.74, 6) is 0.934. The second kappa shape index (κ2) is 11.0. The van der Waals surface area contributed by atoms with Crippen molar-refractivity contribution in [3.63, 3.8) is 0 Å². The molecule has 6 nitrogen and oxygen atoms in total. The van der Waals surface area contributed by atoms with Crippen LogP contribution < -0.4 is 5.32 Å². The van der Waals surface area contributed by atoms with Crippen LogP contribution in [0.4, 0.5) is 0 Å². The van der Waals surface area contributed by atoms with Gasteiger partial charge in [0.2, 0.25) is 0 Å². The van der Waals surface area contributed by atoms with Gasteiger partial charge in [-0.1, -0.05) is 13.8 Å². The molecule has 8 heteroatoms. The fraction of sp³-hybridized carbons (Fsp3) is 0.696. The molecule has 2 heterocycles. The third-order valence-corrected chi connectivity index (χ3v) is 7.16. The predicted octanol–water partition coefficient (Wildman–Crippen LogP) is 5.11. The summed E-state index contributed by atoms with van der Waals surface area (Å²) in [4.78, 5) is 19.1. The Morgan fingerprint density at radius 1 is 1.23 bits per heavy atom. The van der Waals surface area contributed by atoms with E-state index in [1.54, 1.807) is 22.2 Å². The van der Waals surface area contributed by atoms with Gasteiger partial charge in [0, 0.05) is 22.4 Å². The van der Waals surface area contributed by atoms with Crippen LogP contribution >= 0.6 is 21.4 Å². The van der Waals surface area contributed by atoms with Gasteiger partial charge < -0.3 is 10.1 Å². The van der Waals surface area contributed by atoms with Gasteiger partial charge >= 0.3 is 0 Å². The summed E-state index contributed by atoms with van der Waals surface area (Å²) in [5.41, 5.74) is 2.09. The van der Waals surface area contributed by atoms with Gasteiger partial charge in [-0.05, 0) is 65.2 Å². The Kier molecular flexibility index (Phi) is 9.15. The average Bonchev–Trinajstić information content (AvgIpc) is 3.29. The van der Waals surface area contributed by atoms with Crippen LogP contribution in [0.15, 0.2) is 6.20 Å². The number of carbonyl (C=O) groups excluding carboxylic acids is 1. The Labute approximate surface area is 193 Å². The second-order valence-corrected chi connectivity index (χ2v) is 15.2. The third-order valence-electron chi connectivity index (χ3n) is 4.61. The van der Waals surface area contributed by atoms with Gasteiger partial charge in [0.25, 0.3) is 5.91 Å². The highest BCUT2D eigenvalue weighted by atomic mass is 32.3. The highest BCUT2D eigenvalue weighted by Crippen LogP contribution is 2.34. The molecule has 0 aromatic carbocycles. The van der Waals surface area contributed by atoms with Crippen LogP contribution in [0.25, 0.3) is 10.7 Å². The first-order chi connectivity index (χ1) is 14.5. The minimum absolute atomic E-state index is 0.119. The van der Waals surface area contributed by atoms with Crippen molar-refractivity contribution < 1.29 is 9.53 Å². The van der Waals surface area contributed by atoms with Crippen molar-refractivity contribution in [1.29, 1.82) is 0 Å². The zero-order valence-electron chi connectivity index (χ0n) is 20.5. The number of nitrogens with one attached hydrogen (secondary N) is 1. The topological polar surface area (TPSA) is 69.0 Å². The van der Waals surface area contributed by atoms with Crippen LogP contribution in [0, 0.1) is 0 Å². The number of fused-ring (bicyclic) bond motifs is 1. The van der Waals surface area contributed by atoms with Gasteiger partial charge in [-0.15, -0.1) is 11.3 Å². The maximum atomic E-state index is 12.9. The molecule has 1 amide bonds. The molecule has 3 rings (SSSR count). The molecule has 1 aliphatic rings. The normalized spacial score (nSPS) is 14.5. The monoisotopic (exact) mass is 468 g/mol. The van der Waals surface area contributed by atoms with E-state index in [0.717, 1.165) is 23.6 Å². The Balaban J connectivity index is 0.00000166. The highest BCUT2D eigenvalue weighted by Gasteiger charge is 2.25. The van der Waals surface area contributed by atoms with Gasteiger partial charge in [0.1, 0.15) is 17.4 Å². The molecule has 0 bridgehead atoms. The zero-order valence-corrected chi connectivity index (χ0v) is 22.1. The molecule has 0 saturated heterocycles. The number of thiazole rings is 1. The van der Waals surface area contributed by atoms with Crippen molar-refractivity contribution in [2.45, 2.75) is 72.6 Å². The fourth-order valence-corrected chi connectivity index (χ4v) is 4.91. The Morgan fingerprint density at radius 2 is 1.90 bits per heavy atom. The summed E-state index contributed by atoms with van der Waals surface area (Å²) in [7, 11) is -0.587. The van der Waals surface area contributed by atoms with E-state index in [9.17, 15) is 4.79 Å². The minimum Gasteiger partial charge on any atom is -0.358 e. The number of aryl methyl sites for hydroxylation is 2. The summed E-state index contributed by atoms with van der Waals surface area (Å²) >= 11 is 1.68. The Morgan fingerprint density at radius 3 is 2.52 bits per heavy atom.